The maximum atomic E-state index is 12.7. The predicted octanol–water partition coefficient (Wildman–Crippen LogP) is 4.61. The van der Waals surface area contributed by atoms with Gasteiger partial charge in [-0.3, -0.25) is 9.59 Å². The fourth-order valence-electron chi connectivity index (χ4n) is 3.72. The van der Waals surface area contributed by atoms with E-state index >= 15 is 0 Å². The van der Waals surface area contributed by atoms with Gasteiger partial charge in [-0.2, -0.15) is 0 Å². The molecule has 0 aliphatic carbocycles. The maximum absolute atomic E-state index is 12.7. The highest BCUT2D eigenvalue weighted by atomic mass is 16.2. The molecule has 0 radical (unpaired) electrons. The number of piperazine rings is 1. The first-order chi connectivity index (χ1) is 15.6. The molecule has 0 saturated carbocycles. The minimum atomic E-state index is -0.162. The molecule has 162 valence electrons. The van der Waals surface area contributed by atoms with Crippen molar-refractivity contribution in [3.8, 4) is 0 Å². The van der Waals surface area contributed by atoms with Crippen molar-refractivity contribution in [3.05, 3.63) is 102 Å². The molecule has 0 aromatic heterocycles. The summed E-state index contributed by atoms with van der Waals surface area (Å²) in [5, 5.41) is 2.89. The fraction of sp³-hybridized carbons (Fsp3) is 0.185. The third kappa shape index (κ3) is 5.43. The Labute approximate surface area is 189 Å². The van der Waals surface area contributed by atoms with Gasteiger partial charge in [0.05, 0.1) is 0 Å². The van der Waals surface area contributed by atoms with E-state index in [-0.39, 0.29) is 11.8 Å². The quantitative estimate of drug-likeness (QED) is 0.608. The second-order valence-corrected chi connectivity index (χ2v) is 7.93. The molecule has 2 amide bonds. The lowest BCUT2D eigenvalue weighted by molar-refractivity contribution is -0.111. The maximum Gasteiger partial charge on any atom is 0.253 e. The molecule has 5 heteroatoms. The van der Waals surface area contributed by atoms with E-state index in [0.717, 1.165) is 41.2 Å². The molecule has 5 nitrogen and oxygen atoms in total. The van der Waals surface area contributed by atoms with Gasteiger partial charge in [-0.15, -0.1) is 0 Å². The van der Waals surface area contributed by atoms with E-state index in [1.165, 1.54) is 6.08 Å². The zero-order valence-corrected chi connectivity index (χ0v) is 18.2. The van der Waals surface area contributed by atoms with E-state index in [1.54, 1.807) is 6.08 Å². The number of hydrogen-bond acceptors (Lipinski definition) is 3. The van der Waals surface area contributed by atoms with Crippen LogP contribution >= 0.6 is 0 Å². The third-order valence-electron chi connectivity index (χ3n) is 5.59. The molecule has 4 rings (SSSR count). The second-order valence-electron chi connectivity index (χ2n) is 7.93. The molecule has 1 saturated heterocycles. The Hall–Kier alpha value is -3.86. The molecule has 3 aromatic rings. The SMILES string of the molecule is Cc1ccc(C(=O)N2CCN(c3ccc(NC(=O)C=Cc4ccccc4)cc3)CC2)cc1. The molecule has 0 unspecified atom stereocenters. The summed E-state index contributed by atoms with van der Waals surface area (Å²) in [7, 11) is 0. The van der Waals surface area contributed by atoms with Gasteiger partial charge < -0.3 is 15.1 Å². The third-order valence-corrected chi connectivity index (χ3v) is 5.59. The zero-order valence-electron chi connectivity index (χ0n) is 18.2. The average Bonchev–Trinajstić information content (AvgIpc) is 2.84. The summed E-state index contributed by atoms with van der Waals surface area (Å²) in [6.45, 7) is 4.96. The van der Waals surface area contributed by atoms with Gasteiger partial charge >= 0.3 is 0 Å². The number of nitrogens with one attached hydrogen (secondary N) is 1. The number of carbonyl (C=O) groups is 2. The van der Waals surface area contributed by atoms with Crippen molar-refractivity contribution in [2.24, 2.45) is 0 Å². The molecular weight excluding hydrogens is 398 g/mol. The summed E-state index contributed by atoms with van der Waals surface area (Å²) >= 11 is 0. The van der Waals surface area contributed by atoms with Crippen LogP contribution in [-0.2, 0) is 4.79 Å². The lowest BCUT2D eigenvalue weighted by atomic mass is 10.1. The van der Waals surface area contributed by atoms with E-state index in [1.807, 2.05) is 90.7 Å². The highest BCUT2D eigenvalue weighted by molar-refractivity contribution is 6.02. The van der Waals surface area contributed by atoms with Crippen molar-refractivity contribution >= 4 is 29.3 Å². The molecule has 1 aliphatic heterocycles. The molecule has 1 aliphatic rings. The van der Waals surface area contributed by atoms with Crippen molar-refractivity contribution in [3.63, 3.8) is 0 Å². The Balaban J connectivity index is 1.29. The minimum Gasteiger partial charge on any atom is -0.368 e. The topological polar surface area (TPSA) is 52.7 Å². The van der Waals surface area contributed by atoms with Gasteiger partial charge in [0.1, 0.15) is 0 Å². The van der Waals surface area contributed by atoms with E-state index in [4.69, 9.17) is 0 Å². The Bertz CT molecular complexity index is 1080. The molecule has 1 N–H and O–H groups in total. The summed E-state index contributed by atoms with van der Waals surface area (Å²) < 4.78 is 0. The number of anilines is 2. The van der Waals surface area contributed by atoms with Crippen LogP contribution in [0.1, 0.15) is 21.5 Å². The van der Waals surface area contributed by atoms with Gasteiger partial charge in [-0.05, 0) is 55.0 Å². The van der Waals surface area contributed by atoms with Gasteiger partial charge in [0.15, 0.2) is 0 Å². The summed E-state index contributed by atoms with van der Waals surface area (Å²) in [4.78, 5) is 29.0. The Morgan fingerprint density at radius 2 is 1.47 bits per heavy atom. The normalized spacial score (nSPS) is 13.9. The largest absolute Gasteiger partial charge is 0.368 e. The summed E-state index contributed by atoms with van der Waals surface area (Å²) in [6.07, 6.45) is 3.33. The molecule has 3 aromatic carbocycles. The van der Waals surface area contributed by atoms with Crippen molar-refractivity contribution in [2.75, 3.05) is 36.4 Å². The lowest BCUT2D eigenvalue weighted by Crippen LogP contribution is -2.48. The number of carbonyl (C=O) groups excluding carboxylic acids is 2. The van der Waals surface area contributed by atoms with Crippen LogP contribution < -0.4 is 10.2 Å². The highest BCUT2D eigenvalue weighted by Gasteiger charge is 2.22. The average molecular weight is 426 g/mol. The van der Waals surface area contributed by atoms with Gasteiger partial charge in [-0.1, -0.05) is 48.0 Å². The summed E-state index contributed by atoms with van der Waals surface area (Å²) in [6, 6.07) is 25.3. The molecule has 1 fully saturated rings. The van der Waals surface area contributed by atoms with Gasteiger partial charge in [-0.25, -0.2) is 0 Å². The van der Waals surface area contributed by atoms with Crippen molar-refractivity contribution in [1.82, 2.24) is 4.90 Å². The van der Waals surface area contributed by atoms with Gasteiger partial charge in [0.2, 0.25) is 5.91 Å². The summed E-state index contributed by atoms with van der Waals surface area (Å²) in [5.41, 5.74) is 4.72. The van der Waals surface area contributed by atoms with E-state index in [2.05, 4.69) is 10.2 Å². The van der Waals surface area contributed by atoms with Crippen molar-refractivity contribution < 1.29 is 9.59 Å². The molecule has 0 spiro atoms. The van der Waals surface area contributed by atoms with Crippen molar-refractivity contribution in [1.29, 1.82) is 0 Å². The van der Waals surface area contributed by atoms with Crippen LogP contribution in [0.4, 0.5) is 11.4 Å². The Morgan fingerprint density at radius 1 is 0.812 bits per heavy atom. The molecule has 0 bridgehead atoms. The number of aryl methyl sites for hydroxylation is 1. The van der Waals surface area contributed by atoms with E-state index in [9.17, 15) is 9.59 Å². The molecule has 1 heterocycles. The first kappa shape index (κ1) is 21.4. The van der Waals surface area contributed by atoms with Crippen LogP contribution in [-0.4, -0.2) is 42.9 Å². The van der Waals surface area contributed by atoms with Crippen LogP contribution in [0.3, 0.4) is 0 Å². The first-order valence-corrected chi connectivity index (χ1v) is 10.8. The monoisotopic (exact) mass is 425 g/mol. The Morgan fingerprint density at radius 3 is 2.12 bits per heavy atom. The molecule has 0 atom stereocenters. The van der Waals surface area contributed by atoms with E-state index in [0.29, 0.717) is 13.1 Å². The highest BCUT2D eigenvalue weighted by Crippen LogP contribution is 2.20. The molecular formula is C27H27N3O2. The van der Waals surface area contributed by atoms with Crippen molar-refractivity contribution in [2.45, 2.75) is 6.92 Å². The van der Waals surface area contributed by atoms with Gasteiger partial charge in [0, 0.05) is 49.2 Å². The smallest absolute Gasteiger partial charge is 0.253 e. The number of hydrogen-bond donors (Lipinski definition) is 1. The lowest BCUT2D eigenvalue weighted by Gasteiger charge is -2.36. The predicted molar refractivity (Wildman–Crippen MR) is 130 cm³/mol. The van der Waals surface area contributed by atoms with Gasteiger partial charge in [0.25, 0.3) is 5.91 Å². The number of amides is 2. The summed E-state index contributed by atoms with van der Waals surface area (Å²) in [5.74, 6) is -0.0731. The zero-order chi connectivity index (χ0) is 22.3. The Kier molecular flexibility index (Phi) is 6.66. The standard InChI is InChI=1S/C27H27N3O2/c1-21-7-10-23(11-8-21)27(32)30-19-17-29(18-20-30)25-14-12-24(13-15-25)28-26(31)16-9-22-5-3-2-4-6-22/h2-16H,17-20H2,1H3,(H,28,31). The fourth-order valence-corrected chi connectivity index (χ4v) is 3.72. The van der Waals surface area contributed by atoms with Crippen LogP contribution in [0.25, 0.3) is 6.08 Å². The number of benzene rings is 3. The second kappa shape index (κ2) is 9.96. The first-order valence-electron chi connectivity index (χ1n) is 10.8. The van der Waals surface area contributed by atoms with Crippen LogP contribution in [0.2, 0.25) is 0 Å². The van der Waals surface area contributed by atoms with Crippen LogP contribution in [0.5, 0.6) is 0 Å². The van der Waals surface area contributed by atoms with Crippen LogP contribution in [0.15, 0.2) is 84.9 Å². The van der Waals surface area contributed by atoms with Crippen LogP contribution in [0, 0.1) is 6.92 Å². The van der Waals surface area contributed by atoms with E-state index < -0.39 is 0 Å². The number of rotatable bonds is 5. The number of nitrogens with zero attached hydrogens (tertiary/aromatic N) is 2. The molecule has 32 heavy (non-hydrogen) atoms. The minimum absolute atomic E-state index is 0.0891.